The molecule has 0 aromatic heterocycles. The predicted octanol–water partition coefficient (Wildman–Crippen LogP) is 2.19. The van der Waals surface area contributed by atoms with Crippen LogP contribution in [0.1, 0.15) is 12.8 Å². The average Bonchev–Trinajstić information content (AvgIpc) is 2.33. The lowest BCUT2D eigenvalue weighted by Gasteiger charge is -2.32. The van der Waals surface area contributed by atoms with Gasteiger partial charge in [-0.2, -0.15) is 0 Å². The normalized spacial score (nSPS) is 20.8. The lowest BCUT2D eigenvalue weighted by molar-refractivity contribution is -0.121. The molecule has 0 spiro atoms. The Labute approximate surface area is 105 Å². The highest BCUT2D eigenvalue weighted by Crippen LogP contribution is 2.25. The van der Waals surface area contributed by atoms with E-state index in [1.807, 2.05) is 0 Å². The van der Waals surface area contributed by atoms with Crippen molar-refractivity contribution in [2.75, 3.05) is 18.5 Å². The van der Waals surface area contributed by atoms with E-state index >= 15 is 0 Å². The first-order valence-electron chi connectivity index (χ1n) is 5.57. The molecule has 0 saturated carbocycles. The van der Waals surface area contributed by atoms with E-state index in [2.05, 4.69) is 5.32 Å². The van der Waals surface area contributed by atoms with Crippen molar-refractivity contribution in [3.63, 3.8) is 0 Å². The largest absolute Gasteiger partial charge is 0.311 e. The molecule has 1 aliphatic heterocycles. The molecule has 1 unspecified atom stereocenters. The Kier molecular flexibility index (Phi) is 3.64. The summed E-state index contributed by atoms with van der Waals surface area (Å²) in [7, 11) is 1.76. The number of likely N-dealkylation sites (N-methyl/N-ethyl adjacent to an activating group) is 1. The Hall–Kier alpha value is -1.13. The molecule has 92 valence electrons. The maximum absolute atomic E-state index is 13.4. The zero-order chi connectivity index (χ0) is 12.4. The fraction of sp³-hybridized carbons (Fsp3) is 0.417. The zero-order valence-corrected chi connectivity index (χ0v) is 10.3. The van der Waals surface area contributed by atoms with E-state index < -0.39 is 5.82 Å². The quantitative estimate of drug-likeness (QED) is 0.880. The predicted molar refractivity (Wildman–Crippen MR) is 65.8 cm³/mol. The minimum atomic E-state index is -0.497. The molecule has 1 atom stereocenters. The second-order valence-corrected chi connectivity index (χ2v) is 4.48. The Morgan fingerprint density at radius 3 is 2.94 bits per heavy atom. The Bertz CT molecular complexity index is 439. The Morgan fingerprint density at radius 2 is 2.29 bits per heavy atom. The molecule has 3 nitrogen and oxygen atoms in total. The van der Waals surface area contributed by atoms with Crippen LogP contribution in [0.15, 0.2) is 18.2 Å². The van der Waals surface area contributed by atoms with Gasteiger partial charge in [0.2, 0.25) is 5.91 Å². The number of benzene rings is 1. The summed E-state index contributed by atoms with van der Waals surface area (Å²) >= 11 is 5.62. The summed E-state index contributed by atoms with van der Waals surface area (Å²) in [5, 5.41) is 3.04. The van der Waals surface area contributed by atoms with Crippen molar-refractivity contribution in [1.82, 2.24) is 5.32 Å². The summed E-state index contributed by atoms with van der Waals surface area (Å²) in [5.41, 5.74) is 0.567. The highest BCUT2D eigenvalue weighted by molar-refractivity contribution is 6.30. The van der Waals surface area contributed by atoms with Gasteiger partial charge in [-0.15, -0.1) is 0 Å². The number of amides is 1. The summed E-state index contributed by atoms with van der Waals surface area (Å²) < 4.78 is 13.4. The molecular weight excluding hydrogens is 243 g/mol. The molecule has 5 heteroatoms. The van der Waals surface area contributed by atoms with E-state index in [4.69, 9.17) is 11.6 Å². The van der Waals surface area contributed by atoms with Crippen LogP contribution in [-0.4, -0.2) is 25.5 Å². The molecule has 2 rings (SSSR count). The first kappa shape index (κ1) is 12.3. The van der Waals surface area contributed by atoms with Crippen molar-refractivity contribution in [3.05, 3.63) is 29.0 Å². The number of anilines is 1. The average molecular weight is 257 g/mol. The van der Waals surface area contributed by atoms with E-state index in [0.29, 0.717) is 12.2 Å². The van der Waals surface area contributed by atoms with Gasteiger partial charge in [-0.05, 0) is 38.1 Å². The van der Waals surface area contributed by atoms with E-state index in [1.165, 1.54) is 12.1 Å². The molecule has 1 fully saturated rings. The number of nitrogens with one attached hydrogen (secondary N) is 1. The third-order valence-electron chi connectivity index (χ3n) is 3.00. The van der Waals surface area contributed by atoms with E-state index in [9.17, 15) is 9.18 Å². The highest BCUT2D eigenvalue weighted by atomic mass is 35.5. The minimum absolute atomic E-state index is 0.0135. The van der Waals surface area contributed by atoms with Crippen molar-refractivity contribution in [2.24, 2.45) is 0 Å². The Balaban J connectivity index is 2.26. The van der Waals surface area contributed by atoms with Gasteiger partial charge in [-0.25, -0.2) is 4.39 Å². The summed E-state index contributed by atoms with van der Waals surface area (Å²) in [6, 6.07) is 4.27. The van der Waals surface area contributed by atoms with Crippen molar-refractivity contribution in [1.29, 1.82) is 0 Å². The van der Waals surface area contributed by atoms with Crippen molar-refractivity contribution < 1.29 is 9.18 Å². The molecule has 1 N–H and O–H groups in total. The molecule has 1 aliphatic rings. The number of hydrogen-bond acceptors (Lipinski definition) is 2. The maximum Gasteiger partial charge on any atom is 0.244 e. The fourth-order valence-electron chi connectivity index (χ4n) is 2.05. The third-order valence-corrected chi connectivity index (χ3v) is 3.31. The monoisotopic (exact) mass is 256 g/mol. The maximum atomic E-state index is 13.4. The van der Waals surface area contributed by atoms with Gasteiger partial charge in [0.15, 0.2) is 0 Å². The van der Waals surface area contributed by atoms with Gasteiger partial charge >= 0.3 is 0 Å². The van der Waals surface area contributed by atoms with Crippen LogP contribution in [0.5, 0.6) is 0 Å². The highest BCUT2D eigenvalue weighted by Gasteiger charge is 2.28. The minimum Gasteiger partial charge on any atom is -0.311 e. The van der Waals surface area contributed by atoms with Crippen LogP contribution in [0.2, 0.25) is 5.02 Å². The van der Waals surface area contributed by atoms with Gasteiger partial charge in [0, 0.05) is 12.2 Å². The first-order chi connectivity index (χ1) is 8.13. The van der Waals surface area contributed by atoms with Crippen molar-refractivity contribution in [2.45, 2.75) is 18.9 Å². The smallest absolute Gasteiger partial charge is 0.244 e. The summed E-state index contributed by atoms with van der Waals surface area (Å²) in [6.07, 6.45) is 1.73. The van der Waals surface area contributed by atoms with E-state index in [-0.39, 0.29) is 17.0 Å². The molecule has 0 aliphatic carbocycles. The van der Waals surface area contributed by atoms with Crippen LogP contribution < -0.4 is 10.2 Å². The van der Waals surface area contributed by atoms with Gasteiger partial charge in [0.25, 0.3) is 0 Å². The SMILES string of the molecule is CNC1CCCN(c2ccc(Cl)c(F)c2)C1=O. The molecule has 0 bridgehead atoms. The summed E-state index contributed by atoms with van der Waals surface area (Å²) in [4.78, 5) is 13.7. The van der Waals surface area contributed by atoms with E-state index in [1.54, 1.807) is 18.0 Å². The van der Waals surface area contributed by atoms with Gasteiger partial charge in [0.05, 0.1) is 11.1 Å². The van der Waals surface area contributed by atoms with Crippen LogP contribution in [0.25, 0.3) is 0 Å². The molecule has 1 aromatic rings. The van der Waals surface area contributed by atoms with Crippen LogP contribution in [0.3, 0.4) is 0 Å². The fourth-order valence-corrected chi connectivity index (χ4v) is 2.17. The number of carbonyl (C=O) groups is 1. The van der Waals surface area contributed by atoms with E-state index in [0.717, 1.165) is 12.8 Å². The van der Waals surface area contributed by atoms with Crippen LogP contribution in [0.4, 0.5) is 10.1 Å². The topological polar surface area (TPSA) is 32.3 Å². The molecule has 1 amide bonds. The second-order valence-electron chi connectivity index (χ2n) is 4.07. The van der Waals surface area contributed by atoms with Crippen LogP contribution in [-0.2, 0) is 4.79 Å². The summed E-state index contributed by atoms with van der Waals surface area (Å²) in [6.45, 7) is 0.623. The van der Waals surface area contributed by atoms with Crippen LogP contribution in [0, 0.1) is 5.82 Å². The van der Waals surface area contributed by atoms with Gasteiger partial charge in [0.1, 0.15) is 5.82 Å². The number of piperidine rings is 1. The van der Waals surface area contributed by atoms with Crippen molar-refractivity contribution in [3.8, 4) is 0 Å². The van der Waals surface area contributed by atoms with Crippen molar-refractivity contribution >= 4 is 23.2 Å². The number of nitrogens with zero attached hydrogens (tertiary/aromatic N) is 1. The number of hydrogen-bond donors (Lipinski definition) is 1. The standard InChI is InChI=1S/C12H14ClFN2O/c1-15-11-3-2-6-16(12(11)17)8-4-5-9(13)10(14)7-8/h4-5,7,11,15H,2-3,6H2,1H3. The molecule has 1 aromatic carbocycles. The molecule has 1 heterocycles. The lowest BCUT2D eigenvalue weighted by atomic mass is 10.0. The van der Waals surface area contributed by atoms with Gasteiger partial charge in [-0.1, -0.05) is 11.6 Å². The lowest BCUT2D eigenvalue weighted by Crippen LogP contribution is -2.49. The summed E-state index contributed by atoms with van der Waals surface area (Å²) in [5.74, 6) is -0.510. The number of carbonyl (C=O) groups excluding carboxylic acids is 1. The number of halogens is 2. The van der Waals surface area contributed by atoms with Gasteiger partial charge < -0.3 is 10.2 Å². The molecule has 0 radical (unpaired) electrons. The third kappa shape index (κ3) is 2.42. The Morgan fingerprint density at radius 1 is 1.53 bits per heavy atom. The van der Waals surface area contributed by atoms with Crippen LogP contribution >= 0.6 is 11.6 Å². The zero-order valence-electron chi connectivity index (χ0n) is 9.54. The first-order valence-corrected chi connectivity index (χ1v) is 5.95. The second kappa shape index (κ2) is 5.02. The van der Waals surface area contributed by atoms with Gasteiger partial charge in [-0.3, -0.25) is 4.79 Å². The molecule has 17 heavy (non-hydrogen) atoms. The molecule has 1 saturated heterocycles. The molecular formula is C12H14ClFN2O. The number of rotatable bonds is 2.